The van der Waals surface area contributed by atoms with E-state index < -0.39 is 17.8 Å². The van der Waals surface area contributed by atoms with Crippen LogP contribution in [0.3, 0.4) is 0 Å². The van der Waals surface area contributed by atoms with Crippen LogP contribution in [0.15, 0.2) is 12.0 Å². The van der Waals surface area contributed by atoms with Crippen molar-refractivity contribution in [1.29, 1.82) is 5.41 Å². The van der Waals surface area contributed by atoms with Crippen molar-refractivity contribution in [3.8, 4) is 0 Å². The highest BCUT2D eigenvalue weighted by atomic mass is 19.1. The quantitative estimate of drug-likeness (QED) is 0.572. The lowest BCUT2D eigenvalue weighted by Crippen LogP contribution is -2.34. The Kier molecular flexibility index (Phi) is 6.14. The summed E-state index contributed by atoms with van der Waals surface area (Å²) in [6.07, 6.45) is 0.257. The molecule has 92 valence electrons. The summed E-state index contributed by atoms with van der Waals surface area (Å²) in [6.45, 7) is 4.02. The van der Waals surface area contributed by atoms with E-state index in [0.29, 0.717) is 0 Å². The fourth-order valence-corrected chi connectivity index (χ4v) is 0.781. The third kappa shape index (κ3) is 4.77. The number of hydrogen-bond donors (Lipinski definition) is 2. The maximum Gasteiger partial charge on any atom is 0.415 e. The van der Waals surface area contributed by atoms with Crippen LogP contribution in [-0.4, -0.2) is 37.5 Å². The Labute approximate surface area is 94.8 Å². The van der Waals surface area contributed by atoms with Gasteiger partial charge in [0, 0.05) is 20.3 Å². The van der Waals surface area contributed by atoms with Gasteiger partial charge in [-0.1, -0.05) is 13.8 Å². The largest absolute Gasteiger partial charge is 0.449 e. The number of likely N-dealkylation sites (N-methyl/N-ethyl adjacent to an activating group) is 1. The minimum absolute atomic E-state index is 0.198. The molecule has 0 spiro atoms. The SMILES string of the molecule is CN/C=C(/F)C(=N)N(C)C(=O)OCC(C)C. The molecule has 0 bridgehead atoms. The number of halogens is 1. The van der Waals surface area contributed by atoms with Crippen molar-refractivity contribution >= 4 is 11.9 Å². The molecule has 5 nitrogen and oxygen atoms in total. The Hall–Kier alpha value is -1.59. The van der Waals surface area contributed by atoms with Crippen molar-refractivity contribution in [3.05, 3.63) is 12.0 Å². The maximum atomic E-state index is 13.1. The first-order valence-electron chi connectivity index (χ1n) is 4.92. The van der Waals surface area contributed by atoms with E-state index in [1.807, 2.05) is 13.8 Å². The fourth-order valence-electron chi connectivity index (χ4n) is 0.781. The summed E-state index contributed by atoms with van der Waals surface area (Å²) in [6, 6.07) is 0. The first-order valence-corrected chi connectivity index (χ1v) is 4.92. The van der Waals surface area contributed by atoms with Gasteiger partial charge in [0.1, 0.15) is 0 Å². The van der Waals surface area contributed by atoms with Gasteiger partial charge in [0.15, 0.2) is 11.7 Å². The summed E-state index contributed by atoms with van der Waals surface area (Å²) in [4.78, 5) is 12.2. The van der Waals surface area contributed by atoms with Crippen LogP contribution >= 0.6 is 0 Å². The molecular weight excluding hydrogens is 213 g/mol. The van der Waals surface area contributed by atoms with Crippen LogP contribution in [0.2, 0.25) is 0 Å². The zero-order valence-corrected chi connectivity index (χ0v) is 10.0. The number of amides is 1. The lowest BCUT2D eigenvalue weighted by molar-refractivity contribution is 0.115. The monoisotopic (exact) mass is 231 g/mol. The van der Waals surface area contributed by atoms with E-state index in [-0.39, 0.29) is 12.5 Å². The Morgan fingerprint density at radius 2 is 2.19 bits per heavy atom. The second kappa shape index (κ2) is 6.81. The molecule has 2 N–H and O–H groups in total. The predicted molar refractivity (Wildman–Crippen MR) is 59.9 cm³/mol. The molecule has 0 saturated carbocycles. The second-order valence-electron chi connectivity index (χ2n) is 3.66. The van der Waals surface area contributed by atoms with Crippen molar-refractivity contribution in [2.75, 3.05) is 20.7 Å². The highest BCUT2D eigenvalue weighted by Crippen LogP contribution is 2.04. The summed E-state index contributed by atoms with van der Waals surface area (Å²) in [5, 5.41) is 9.80. The Morgan fingerprint density at radius 3 is 2.62 bits per heavy atom. The minimum Gasteiger partial charge on any atom is -0.449 e. The Balaban J connectivity index is 4.33. The van der Waals surface area contributed by atoms with Gasteiger partial charge >= 0.3 is 6.09 Å². The zero-order chi connectivity index (χ0) is 12.7. The van der Waals surface area contributed by atoms with E-state index >= 15 is 0 Å². The van der Waals surface area contributed by atoms with Crippen LogP contribution in [0.4, 0.5) is 9.18 Å². The number of nitrogens with one attached hydrogen (secondary N) is 2. The van der Waals surface area contributed by atoms with E-state index in [1.54, 1.807) is 0 Å². The molecule has 0 aromatic rings. The Morgan fingerprint density at radius 1 is 1.62 bits per heavy atom. The van der Waals surface area contributed by atoms with E-state index in [9.17, 15) is 9.18 Å². The molecule has 1 amide bonds. The highest BCUT2D eigenvalue weighted by molar-refractivity contribution is 6.02. The third-order valence-corrected chi connectivity index (χ3v) is 1.65. The van der Waals surface area contributed by atoms with Gasteiger partial charge in [0.05, 0.1) is 6.61 Å². The summed E-state index contributed by atoms with van der Waals surface area (Å²) in [5.41, 5.74) is 0. The molecule has 0 atom stereocenters. The van der Waals surface area contributed by atoms with Gasteiger partial charge in [0.25, 0.3) is 0 Å². The molecule has 16 heavy (non-hydrogen) atoms. The van der Waals surface area contributed by atoms with Gasteiger partial charge in [-0.05, 0) is 5.92 Å². The van der Waals surface area contributed by atoms with Crippen LogP contribution in [0.5, 0.6) is 0 Å². The molecule has 0 saturated heterocycles. The van der Waals surface area contributed by atoms with E-state index in [1.165, 1.54) is 14.1 Å². The predicted octanol–water partition coefficient (Wildman–Crippen LogP) is 1.72. The first kappa shape index (κ1) is 14.4. The van der Waals surface area contributed by atoms with Gasteiger partial charge in [-0.25, -0.2) is 9.18 Å². The fraction of sp³-hybridized carbons (Fsp3) is 0.600. The normalized spacial score (nSPS) is 11.2. The van der Waals surface area contributed by atoms with Crippen LogP contribution in [-0.2, 0) is 4.74 Å². The molecule has 0 aromatic heterocycles. The Bertz CT molecular complexity index is 290. The molecule has 0 aromatic carbocycles. The number of carbonyl (C=O) groups is 1. The third-order valence-electron chi connectivity index (χ3n) is 1.65. The molecule has 0 rings (SSSR count). The van der Waals surface area contributed by atoms with Crippen molar-refractivity contribution in [2.24, 2.45) is 5.92 Å². The average molecular weight is 231 g/mol. The first-order chi connectivity index (χ1) is 7.40. The van der Waals surface area contributed by atoms with Crippen LogP contribution in [0, 0.1) is 11.3 Å². The maximum absolute atomic E-state index is 13.1. The number of rotatable bonds is 4. The van der Waals surface area contributed by atoms with Crippen LogP contribution < -0.4 is 5.32 Å². The molecule has 0 unspecified atom stereocenters. The number of carbonyl (C=O) groups excluding carboxylic acids is 1. The topological polar surface area (TPSA) is 65.4 Å². The molecular formula is C10H18FN3O2. The molecule has 0 aliphatic rings. The molecule has 0 aliphatic carbocycles. The summed E-state index contributed by atoms with van der Waals surface area (Å²) < 4.78 is 18.0. The number of ether oxygens (including phenoxy) is 1. The van der Waals surface area contributed by atoms with Crippen LogP contribution in [0.1, 0.15) is 13.8 Å². The van der Waals surface area contributed by atoms with Crippen molar-refractivity contribution in [1.82, 2.24) is 10.2 Å². The lowest BCUT2D eigenvalue weighted by Gasteiger charge is -2.17. The summed E-state index contributed by atoms with van der Waals surface area (Å²) >= 11 is 0. The van der Waals surface area contributed by atoms with Gasteiger partial charge in [-0.3, -0.25) is 10.3 Å². The van der Waals surface area contributed by atoms with Gasteiger partial charge in [0.2, 0.25) is 0 Å². The zero-order valence-electron chi connectivity index (χ0n) is 10.0. The molecule has 0 aliphatic heterocycles. The smallest absolute Gasteiger partial charge is 0.415 e. The van der Waals surface area contributed by atoms with E-state index in [2.05, 4.69) is 5.32 Å². The molecule has 0 fully saturated rings. The summed E-state index contributed by atoms with van der Waals surface area (Å²) in [7, 11) is 2.79. The standard InChI is InChI=1S/C10H18FN3O2/c1-7(2)6-16-10(15)14(4)9(12)8(11)5-13-3/h5,7,12-13H,6H2,1-4H3/b8-5+,12-9?. The highest BCUT2D eigenvalue weighted by Gasteiger charge is 2.18. The molecule has 6 heteroatoms. The van der Waals surface area contributed by atoms with Crippen molar-refractivity contribution in [3.63, 3.8) is 0 Å². The second-order valence-corrected chi connectivity index (χ2v) is 3.66. The average Bonchev–Trinajstić information content (AvgIpc) is 2.23. The van der Waals surface area contributed by atoms with Crippen LogP contribution in [0.25, 0.3) is 0 Å². The number of nitrogens with zero attached hydrogens (tertiary/aromatic N) is 1. The number of amidine groups is 1. The van der Waals surface area contributed by atoms with Gasteiger partial charge in [-0.15, -0.1) is 0 Å². The molecule has 0 heterocycles. The lowest BCUT2D eigenvalue weighted by atomic mass is 10.2. The minimum atomic E-state index is -0.827. The van der Waals surface area contributed by atoms with Gasteiger partial charge < -0.3 is 10.1 Å². The van der Waals surface area contributed by atoms with E-state index in [0.717, 1.165) is 11.1 Å². The summed E-state index contributed by atoms with van der Waals surface area (Å²) in [5.74, 6) is -1.17. The van der Waals surface area contributed by atoms with Crippen molar-refractivity contribution < 1.29 is 13.9 Å². The molecule has 0 radical (unpaired) electrons. The van der Waals surface area contributed by atoms with Gasteiger partial charge in [-0.2, -0.15) is 0 Å². The van der Waals surface area contributed by atoms with E-state index in [4.69, 9.17) is 10.1 Å². The number of hydrogen-bond acceptors (Lipinski definition) is 4. The van der Waals surface area contributed by atoms with Crippen molar-refractivity contribution in [2.45, 2.75) is 13.8 Å².